The SMILES string of the molecule is CC(CCn1cccn1)N1CCc2nc(-c3ccc(Cl)cc3)[nH]c2C1. The molecule has 0 radical (unpaired) electrons. The van der Waals surface area contributed by atoms with E-state index in [4.69, 9.17) is 16.6 Å². The smallest absolute Gasteiger partial charge is 0.137 e. The molecular weight excluding hydrogens is 334 g/mol. The first-order valence-corrected chi connectivity index (χ1v) is 9.12. The van der Waals surface area contributed by atoms with Gasteiger partial charge in [0.15, 0.2) is 0 Å². The molecule has 0 fully saturated rings. The quantitative estimate of drug-likeness (QED) is 0.758. The first-order chi connectivity index (χ1) is 12.2. The van der Waals surface area contributed by atoms with Crippen molar-refractivity contribution in [1.29, 1.82) is 0 Å². The number of imidazole rings is 1. The highest BCUT2D eigenvalue weighted by Gasteiger charge is 2.23. The van der Waals surface area contributed by atoms with E-state index in [0.717, 1.165) is 48.9 Å². The van der Waals surface area contributed by atoms with Gasteiger partial charge in [-0.1, -0.05) is 11.6 Å². The number of aromatic amines is 1. The second kappa shape index (κ2) is 7.02. The molecule has 4 rings (SSSR count). The van der Waals surface area contributed by atoms with Crippen molar-refractivity contribution in [1.82, 2.24) is 24.6 Å². The Kier molecular flexibility index (Phi) is 4.59. The van der Waals surface area contributed by atoms with Crippen molar-refractivity contribution in [3.8, 4) is 11.4 Å². The van der Waals surface area contributed by atoms with Crippen molar-refractivity contribution in [2.75, 3.05) is 6.54 Å². The van der Waals surface area contributed by atoms with E-state index in [1.165, 1.54) is 11.4 Å². The van der Waals surface area contributed by atoms with E-state index in [1.807, 2.05) is 47.4 Å². The summed E-state index contributed by atoms with van der Waals surface area (Å²) in [5.74, 6) is 0.938. The Hall–Kier alpha value is -2.11. The van der Waals surface area contributed by atoms with Crippen LogP contribution in [0.4, 0.5) is 0 Å². The summed E-state index contributed by atoms with van der Waals surface area (Å²) in [5.41, 5.74) is 3.51. The van der Waals surface area contributed by atoms with Gasteiger partial charge in [-0.05, 0) is 43.7 Å². The highest BCUT2D eigenvalue weighted by atomic mass is 35.5. The fourth-order valence-corrected chi connectivity index (χ4v) is 3.50. The molecule has 1 N–H and O–H groups in total. The molecule has 0 aliphatic carbocycles. The third-order valence-electron chi connectivity index (χ3n) is 4.94. The van der Waals surface area contributed by atoms with Crippen molar-refractivity contribution in [3.05, 3.63) is 59.1 Å². The number of fused-ring (bicyclic) bond motifs is 1. The van der Waals surface area contributed by atoms with Gasteiger partial charge in [0.25, 0.3) is 0 Å². The van der Waals surface area contributed by atoms with Crippen LogP contribution in [0.2, 0.25) is 5.02 Å². The van der Waals surface area contributed by atoms with Crippen LogP contribution in [0, 0.1) is 0 Å². The minimum absolute atomic E-state index is 0.514. The second-order valence-corrected chi connectivity index (χ2v) is 7.08. The van der Waals surface area contributed by atoms with Gasteiger partial charge >= 0.3 is 0 Å². The number of nitrogens with one attached hydrogen (secondary N) is 1. The number of benzene rings is 1. The standard InChI is InChI=1S/C19H22ClN5/c1-14(7-12-25-10-2-9-21-25)24-11-8-17-18(13-24)23-19(22-17)15-3-5-16(20)6-4-15/h2-6,9-10,14H,7-8,11-13H2,1H3,(H,22,23). The molecule has 0 spiro atoms. The van der Waals surface area contributed by atoms with Crippen LogP contribution in [0.15, 0.2) is 42.7 Å². The summed E-state index contributed by atoms with van der Waals surface area (Å²) in [7, 11) is 0. The fourth-order valence-electron chi connectivity index (χ4n) is 3.37. The predicted molar refractivity (Wildman–Crippen MR) is 99.5 cm³/mol. The lowest BCUT2D eigenvalue weighted by molar-refractivity contribution is 0.173. The Balaban J connectivity index is 1.43. The molecule has 1 aliphatic heterocycles. The van der Waals surface area contributed by atoms with Crippen LogP contribution < -0.4 is 0 Å². The van der Waals surface area contributed by atoms with Gasteiger partial charge in [0.2, 0.25) is 0 Å². The maximum Gasteiger partial charge on any atom is 0.137 e. The van der Waals surface area contributed by atoms with Crippen molar-refractivity contribution >= 4 is 11.6 Å². The molecule has 3 heterocycles. The van der Waals surface area contributed by atoms with Crippen LogP contribution in [-0.4, -0.2) is 37.2 Å². The van der Waals surface area contributed by atoms with E-state index in [2.05, 4.69) is 21.9 Å². The molecule has 5 nitrogen and oxygen atoms in total. The number of aryl methyl sites for hydroxylation is 1. The van der Waals surface area contributed by atoms with Crippen LogP contribution in [0.25, 0.3) is 11.4 Å². The maximum absolute atomic E-state index is 5.98. The molecule has 1 atom stereocenters. The Morgan fingerprint density at radius 3 is 2.88 bits per heavy atom. The van der Waals surface area contributed by atoms with Gasteiger partial charge < -0.3 is 4.98 Å². The predicted octanol–water partition coefficient (Wildman–Crippen LogP) is 3.76. The Morgan fingerprint density at radius 1 is 1.28 bits per heavy atom. The summed E-state index contributed by atoms with van der Waals surface area (Å²) in [6.07, 6.45) is 5.94. The lowest BCUT2D eigenvalue weighted by atomic mass is 10.1. The molecule has 0 saturated carbocycles. The molecule has 2 aromatic heterocycles. The molecule has 25 heavy (non-hydrogen) atoms. The van der Waals surface area contributed by atoms with Crippen LogP contribution in [0.1, 0.15) is 24.7 Å². The zero-order valence-electron chi connectivity index (χ0n) is 14.3. The van der Waals surface area contributed by atoms with Gasteiger partial charge in [0, 0.05) is 55.1 Å². The van der Waals surface area contributed by atoms with E-state index in [9.17, 15) is 0 Å². The first-order valence-electron chi connectivity index (χ1n) is 8.74. The monoisotopic (exact) mass is 355 g/mol. The van der Waals surface area contributed by atoms with Crippen molar-refractivity contribution in [2.24, 2.45) is 0 Å². The Bertz CT molecular complexity index is 822. The van der Waals surface area contributed by atoms with Gasteiger partial charge in [-0.15, -0.1) is 0 Å². The van der Waals surface area contributed by atoms with E-state index >= 15 is 0 Å². The van der Waals surface area contributed by atoms with Gasteiger partial charge in [-0.2, -0.15) is 5.10 Å². The molecule has 1 aromatic carbocycles. The van der Waals surface area contributed by atoms with E-state index in [-0.39, 0.29) is 0 Å². The summed E-state index contributed by atoms with van der Waals surface area (Å²) in [5, 5.41) is 5.03. The lowest BCUT2D eigenvalue weighted by Gasteiger charge is -2.31. The lowest BCUT2D eigenvalue weighted by Crippen LogP contribution is -2.38. The van der Waals surface area contributed by atoms with Crippen LogP contribution in [-0.2, 0) is 19.5 Å². The van der Waals surface area contributed by atoms with E-state index < -0.39 is 0 Å². The molecular formula is C19H22ClN5. The normalized spacial score (nSPS) is 15.9. The van der Waals surface area contributed by atoms with Gasteiger partial charge in [-0.3, -0.25) is 9.58 Å². The minimum atomic E-state index is 0.514. The van der Waals surface area contributed by atoms with Crippen LogP contribution in [0.5, 0.6) is 0 Å². The molecule has 1 aliphatic rings. The third-order valence-corrected chi connectivity index (χ3v) is 5.19. The second-order valence-electron chi connectivity index (χ2n) is 6.64. The zero-order valence-corrected chi connectivity index (χ0v) is 15.1. The fraction of sp³-hybridized carbons (Fsp3) is 0.368. The molecule has 6 heteroatoms. The van der Waals surface area contributed by atoms with E-state index in [1.54, 1.807) is 0 Å². The summed E-state index contributed by atoms with van der Waals surface area (Å²) >= 11 is 5.98. The van der Waals surface area contributed by atoms with Crippen molar-refractivity contribution < 1.29 is 0 Å². The summed E-state index contributed by atoms with van der Waals surface area (Å²) in [6.45, 7) is 5.23. The molecule has 1 unspecified atom stereocenters. The van der Waals surface area contributed by atoms with Gasteiger partial charge in [0.1, 0.15) is 5.82 Å². The van der Waals surface area contributed by atoms with Crippen LogP contribution >= 0.6 is 11.6 Å². The van der Waals surface area contributed by atoms with E-state index in [0.29, 0.717) is 6.04 Å². The minimum Gasteiger partial charge on any atom is -0.341 e. The number of H-pyrrole nitrogens is 1. The van der Waals surface area contributed by atoms with Gasteiger partial charge in [0.05, 0.1) is 11.4 Å². The van der Waals surface area contributed by atoms with Crippen molar-refractivity contribution in [2.45, 2.75) is 38.9 Å². The number of hydrogen-bond donors (Lipinski definition) is 1. The number of nitrogens with zero attached hydrogens (tertiary/aromatic N) is 4. The molecule has 0 saturated heterocycles. The average Bonchev–Trinajstić information content (AvgIpc) is 3.29. The third kappa shape index (κ3) is 3.62. The number of aromatic nitrogens is 4. The summed E-state index contributed by atoms with van der Waals surface area (Å²) < 4.78 is 2.00. The van der Waals surface area contributed by atoms with Crippen LogP contribution in [0.3, 0.4) is 0 Å². The van der Waals surface area contributed by atoms with Gasteiger partial charge in [-0.25, -0.2) is 4.98 Å². The molecule has 0 amide bonds. The molecule has 3 aromatic rings. The number of rotatable bonds is 5. The molecule has 0 bridgehead atoms. The summed E-state index contributed by atoms with van der Waals surface area (Å²) in [6, 6.07) is 10.3. The largest absolute Gasteiger partial charge is 0.341 e. The zero-order chi connectivity index (χ0) is 17.2. The Morgan fingerprint density at radius 2 is 2.12 bits per heavy atom. The maximum atomic E-state index is 5.98. The topological polar surface area (TPSA) is 49.7 Å². The van der Waals surface area contributed by atoms with Crippen molar-refractivity contribution in [3.63, 3.8) is 0 Å². The first kappa shape index (κ1) is 16.4. The Labute approximate surface area is 152 Å². The average molecular weight is 356 g/mol. The molecule has 130 valence electrons. The number of hydrogen-bond acceptors (Lipinski definition) is 3. The number of halogens is 1. The highest BCUT2D eigenvalue weighted by Crippen LogP contribution is 2.25. The highest BCUT2D eigenvalue weighted by molar-refractivity contribution is 6.30. The summed E-state index contributed by atoms with van der Waals surface area (Å²) in [4.78, 5) is 10.8.